The van der Waals surface area contributed by atoms with Crippen LogP contribution in [-0.2, 0) is 6.42 Å². The molecule has 1 amide bonds. The van der Waals surface area contributed by atoms with Gasteiger partial charge in [-0.25, -0.2) is 4.39 Å². The van der Waals surface area contributed by atoms with Gasteiger partial charge in [-0.05, 0) is 31.0 Å². The second kappa shape index (κ2) is 5.09. The van der Waals surface area contributed by atoms with Crippen molar-refractivity contribution in [2.45, 2.75) is 20.3 Å². The second-order valence-corrected chi connectivity index (χ2v) is 4.26. The van der Waals surface area contributed by atoms with E-state index in [1.165, 1.54) is 6.07 Å². The topological polar surface area (TPSA) is 83.8 Å². The molecule has 2 aromatic rings. The first kappa shape index (κ1) is 13.1. The van der Waals surface area contributed by atoms with Crippen molar-refractivity contribution in [2.75, 3.05) is 11.1 Å². The minimum atomic E-state index is -0.530. The number of nitrogens with one attached hydrogen (secondary N) is 2. The Morgan fingerprint density at radius 3 is 2.89 bits per heavy atom. The monoisotopic (exact) mass is 262 g/mol. The maximum Gasteiger partial charge on any atom is 0.278 e. The predicted octanol–water partition coefficient (Wildman–Crippen LogP) is 2.25. The Morgan fingerprint density at radius 2 is 2.26 bits per heavy atom. The van der Waals surface area contributed by atoms with E-state index in [9.17, 15) is 9.18 Å². The number of hydrogen-bond acceptors (Lipinski definition) is 3. The van der Waals surface area contributed by atoms with Gasteiger partial charge in [0.1, 0.15) is 5.82 Å². The normalized spacial score (nSPS) is 10.5. The molecule has 0 spiro atoms. The van der Waals surface area contributed by atoms with Crippen LogP contribution in [0, 0.1) is 12.7 Å². The predicted molar refractivity (Wildman–Crippen MR) is 71.5 cm³/mol. The minimum Gasteiger partial charge on any atom is -0.395 e. The second-order valence-electron chi connectivity index (χ2n) is 4.26. The number of nitrogens with zero attached hydrogens (tertiary/aromatic N) is 1. The van der Waals surface area contributed by atoms with Gasteiger partial charge in [0.2, 0.25) is 0 Å². The molecule has 0 aliphatic rings. The summed E-state index contributed by atoms with van der Waals surface area (Å²) >= 11 is 0. The molecule has 0 aliphatic carbocycles. The molecule has 1 aromatic carbocycles. The number of benzene rings is 1. The lowest BCUT2D eigenvalue weighted by Gasteiger charge is -2.06. The molecule has 2 rings (SSSR count). The largest absolute Gasteiger partial charge is 0.395 e. The Balaban J connectivity index is 2.25. The average Bonchev–Trinajstić information content (AvgIpc) is 2.75. The van der Waals surface area contributed by atoms with Gasteiger partial charge in [-0.3, -0.25) is 9.89 Å². The zero-order valence-corrected chi connectivity index (χ0v) is 10.7. The van der Waals surface area contributed by atoms with Gasteiger partial charge in [0.05, 0.1) is 17.1 Å². The molecule has 0 aliphatic heterocycles. The fourth-order valence-electron chi connectivity index (χ4n) is 1.75. The summed E-state index contributed by atoms with van der Waals surface area (Å²) < 4.78 is 13.5. The van der Waals surface area contributed by atoms with E-state index in [0.29, 0.717) is 17.8 Å². The van der Waals surface area contributed by atoms with E-state index < -0.39 is 11.7 Å². The van der Waals surface area contributed by atoms with E-state index in [4.69, 9.17) is 5.73 Å². The summed E-state index contributed by atoms with van der Waals surface area (Å²) in [6.07, 6.45) is 0.644. The first-order chi connectivity index (χ1) is 9.02. The van der Waals surface area contributed by atoms with Gasteiger partial charge in [-0.1, -0.05) is 13.0 Å². The molecule has 0 radical (unpaired) electrons. The third kappa shape index (κ3) is 2.57. The highest BCUT2D eigenvalue weighted by Gasteiger charge is 2.17. The van der Waals surface area contributed by atoms with Gasteiger partial charge >= 0.3 is 0 Å². The molecule has 100 valence electrons. The fraction of sp³-hybridized carbons (Fsp3) is 0.231. The molecule has 0 saturated heterocycles. The molecule has 0 bridgehead atoms. The van der Waals surface area contributed by atoms with Gasteiger partial charge in [0.25, 0.3) is 5.91 Å². The van der Waals surface area contributed by atoms with Crippen molar-refractivity contribution >= 4 is 17.3 Å². The Bertz CT molecular complexity index is 621. The van der Waals surface area contributed by atoms with Crippen molar-refractivity contribution in [3.63, 3.8) is 0 Å². The molecule has 1 aromatic heterocycles. The number of aromatic amines is 1. The van der Waals surface area contributed by atoms with Crippen molar-refractivity contribution in [1.29, 1.82) is 0 Å². The van der Waals surface area contributed by atoms with Crippen LogP contribution < -0.4 is 11.1 Å². The number of hydrogen-bond donors (Lipinski definition) is 3. The van der Waals surface area contributed by atoms with Crippen LogP contribution in [0.1, 0.15) is 28.7 Å². The maximum absolute atomic E-state index is 13.5. The lowest BCUT2D eigenvalue weighted by molar-refractivity contribution is 0.102. The van der Waals surface area contributed by atoms with Crippen LogP contribution in [0.4, 0.5) is 15.8 Å². The van der Waals surface area contributed by atoms with E-state index in [-0.39, 0.29) is 11.4 Å². The summed E-state index contributed by atoms with van der Waals surface area (Å²) in [6.45, 7) is 3.71. The average molecular weight is 262 g/mol. The summed E-state index contributed by atoms with van der Waals surface area (Å²) in [7, 11) is 0. The summed E-state index contributed by atoms with van der Waals surface area (Å²) in [6, 6.07) is 4.48. The summed E-state index contributed by atoms with van der Waals surface area (Å²) in [4.78, 5) is 12.0. The zero-order chi connectivity index (χ0) is 14.0. The van der Waals surface area contributed by atoms with Crippen LogP contribution in [0.2, 0.25) is 0 Å². The molecule has 0 saturated carbocycles. The Labute approximate surface area is 110 Å². The number of nitrogen functional groups attached to an aromatic ring is 1. The van der Waals surface area contributed by atoms with E-state index in [2.05, 4.69) is 15.5 Å². The molecule has 0 fully saturated rings. The van der Waals surface area contributed by atoms with Crippen LogP contribution in [0.15, 0.2) is 18.2 Å². The number of carbonyl (C=O) groups is 1. The number of anilines is 2. The van der Waals surface area contributed by atoms with Crippen molar-refractivity contribution in [1.82, 2.24) is 10.2 Å². The minimum absolute atomic E-state index is 0.0813. The molecule has 0 unspecified atom stereocenters. The van der Waals surface area contributed by atoms with E-state index in [1.807, 2.05) is 13.8 Å². The van der Waals surface area contributed by atoms with Gasteiger partial charge in [0, 0.05) is 0 Å². The Kier molecular flexibility index (Phi) is 3.50. The smallest absolute Gasteiger partial charge is 0.278 e. The highest BCUT2D eigenvalue weighted by atomic mass is 19.1. The van der Waals surface area contributed by atoms with E-state index in [1.54, 1.807) is 12.1 Å². The lowest BCUT2D eigenvalue weighted by Crippen LogP contribution is -2.15. The molecule has 19 heavy (non-hydrogen) atoms. The lowest BCUT2D eigenvalue weighted by atomic mass is 10.2. The zero-order valence-electron chi connectivity index (χ0n) is 10.7. The van der Waals surface area contributed by atoms with Crippen molar-refractivity contribution < 1.29 is 9.18 Å². The third-order valence-electron chi connectivity index (χ3n) is 2.82. The van der Waals surface area contributed by atoms with Gasteiger partial charge < -0.3 is 11.1 Å². The molecule has 6 heteroatoms. The van der Waals surface area contributed by atoms with Crippen molar-refractivity contribution in [2.24, 2.45) is 0 Å². The highest BCUT2D eigenvalue weighted by molar-refractivity contribution is 6.06. The molecule has 0 atom stereocenters. The molecule has 5 nitrogen and oxygen atoms in total. The SMILES string of the molecule is CCc1[nH]nc(C(=O)Nc2cc(C)ccc2F)c1N. The standard InChI is InChI=1S/C13H15FN4O/c1-3-9-11(15)12(18-17-9)13(19)16-10-6-7(2)4-5-8(10)14/h4-6H,3,15H2,1-2H3,(H,16,19)(H,17,18). The van der Waals surface area contributed by atoms with Gasteiger partial charge in [-0.2, -0.15) is 5.10 Å². The van der Waals surface area contributed by atoms with Crippen molar-refractivity contribution in [3.8, 4) is 0 Å². The van der Waals surface area contributed by atoms with Crippen LogP contribution in [0.3, 0.4) is 0 Å². The van der Waals surface area contributed by atoms with E-state index in [0.717, 1.165) is 5.56 Å². The Hall–Kier alpha value is -2.37. The summed E-state index contributed by atoms with van der Waals surface area (Å²) in [5, 5.41) is 9.01. The first-order valence-electron chi connectivity index (χ1n) is 5.93. The van der Waals surface area contributed by atoms with Crippen LogP contribution >= 0.6 is 0 Å². The molecule has 4 N–H and O–H groups in total. The molecular formula is C13H15FN4O. The first-order valence-corrected chi connectivity index (χ1v) is 5.93. The number of aryl methyl sites for hydroxylation is 2. The Morgan fingerprint density at radius 1 is 1.53 bits per heavy atom. The quantitative estimate of drug-likeness (QED) is 0.793. The van der Waals surface area contributed by atoms with Crippen LogP contribution in [0.5, 0.6) is 0 Å². The van der Waals surface area contributed by atoms with Gasteiger partial charge in [-0.15, -0.1) is 0 Å². The number of rotatable bonds is 3. The number of amides is 1. The summed E-state index contributed by atoms with van der Waals surface area (Å²) in [5.41, 5.74) is 7.82. The maximum atomic E-state index is 13.5. The third-order valence-corrected chi connectivity index (χ3v) is 2.82. The fourth-order valence-corrected chi connectivity index (χ4v) is 1.75. The van der Waals surface area contributed by atoms with Gasteiger partial charge in [0.15, 0.2) is 5.69 Å². The number of halogens is 1. The van der Waals surface area contributed by atoms with E-state index >= 15 is 0 Å². The van der Waals surface area contributed by atoms with Crippen molar-refractivity contribution in [3.05, 3.63) is 41.0 Å². The number of nitrogens with two attached hydrogens (primary N) is 1. The highest BCUT2D eigenvalue weighted by Crippen LogP contribution is 2.19. The summed E-state index contributed by atoms with van der Waals surface area (Å²) in [5.74, 6) is -1.03. The van der Waals surface area contributed by atoms with Crippen LogP contribution in [-0.4, -0.2) is 16.1 Å². The number of carbonyl (C=O) groups excluding carboxylic acids is 1. The molecular weight excluding hydrogens is 247 g/mol. The van der Waals surface area contributed by atoms with Crippen LogP contribution in [0.25, 0.3) is 0 Å². The molecule has 1 heterocycles. The number of aromatic nitrogens is 2. The number of H-pyrrole nitrogens is 1.